The van der Waals surface area contributed by atoms with Crippen LogP contribution in [0, 0.1) is 11.8 Å². The molecule has 1 saturated heterocycles. The van der Waals surface area contributed by atoms with Crippen LogP contribution in [0.3, 0.4) is 0 Å². The van der Waals surface area contributed by atoms with E-state index in [1.165, 1.54) is 71.0 Å². The van der Waals surface area contributed by atoms with Crippen molar-refractivity contribution in [2.24, 2.45) is 11.8 Å². The third kappa shape index (κ3) is 5.73. The second-order valence-electron chi connectivity index (χ2n) is 7.79. The molecule has 3 unspecified atom stereocenters. The van der Waals surface area contributed by atoms with Crippen molar-refractivity contribution in [1.29, 1.82) is 0 Å². The highest BCUT2D eigenvalue weighted by molar-refractivity contribution is 4.82. The standard InChI is InChI=1S/C18H36N2/c1-15(2)12-17-8-7-9-18(13-17)19-16(3)14-20-10-5-4-6-11-20/h15-19H,4-14H2,1-3H3. The summed E-state index contributed by atoms with van der Waals surface area (Å²) in [4.78, 5) is 2.66. The van der Waals surface area contributed by atoms with Crippen LogP contribution in [0.5, 0.6) is 0 Å². The Bertz CT molecular complexity index is 258. The molecule has 1 aliphatic carbocycles. The van der Waals surface area contributed by atoms with Crippen molar-refractivity contribution in [3.8, 4) is 0 Å². The van der Waals surface area contributed by atoms with E-state index >= 15 is 0 Å². The molecule has 0 spiro atoms. The lowest BCUT2D eigenvalue weighted by Crippen LogP contribution is -2.46. The Balaban J connectivity index is 1.68. The molecular weight excluding hydrogens is 244 g/mol. The summed E-state index contributed by atoms with van der Waals surface area (Å²) in [5.74, 6) is 1.84. The lowest BCUT2D eigenvalue weighted by atomic mass is 9.81. The van der Waals surface area contributed by atoms with Crippen LogP contribution in [-0.4, -0.2) is 36.6 Å². The van der Waals surface area contributed by atoms with Crippen LogP contribution in [0.4, 0.5) is 0 Å². The number of rotatable bonds is 6. The predicted octanol–water partition coefficient (Wildman–Crippen LogP) is 4.06. The topological polar surface area (TPSA) is 15.3 Å². The maximum atomic E-state index is 3.93. The summed E-state index contributed by atoms with van der Waals surface area (Å²) >= 11 is 0. The monoisotopic (exact) mass is 280 g/mol. The van der Waals surface area contributed by atoms with E-state index in [4.69, 9.17) is 0 Å². The zero-order valence-corrected chi connectivity index (χ0v) is 14.0. The van der Waals surface area contributed by atoms with E-state index in [1.54, 1.807) is 0 Å². The Labute approximate surface area is 126 Å². The number of nitrogens with zero attached hydrogens (tertiary/aromatic N) is 1. The zero-order chi connectivity index (χ0) is 14.4. The number of hydrogen-bond acceptors (Lipinski definition) is 2. The molecule has 1 heterocycles. The minimum Gasteiger partial charge on any atom is -0.310 e. The van der Waals surface area contributed by atoms with Gasteiger partial charge in [-0.15, -0.1) is 0 Å². The molecule has 20 heavy (non-hydrogen) atoms. The summed E-state index contributed by atoms with van der Waals surface area (Å²) in [6.07, 6.45) is 11.4. The molecule has 1 saturated carbocycles. The molecule has 1 N–H and O–H groups in total. The van der Waals surface area contributed by atoms with Gasteiger partial charge in [-0.2, -0.15) is 0 Å². The van der Waals surface area contributed by atoms with Gasteiger partial charge in [-0.25, -0.2) is 0 Å². The van der Waals surface area contributed by atoms with Gasteiger partial charge in [0.2, 0.25) is 0 Å². The zero-order valence-electron chi connectivity index (χ0n) is 14.0. The molecule has 0 amide bonds. The second kappa shape index (κ2) is 8.38. The van der Waals surface area contributed by atoms with Crippen molar-refractivity contribution in [3.05, 3.63) is 0 Å². The Kier molecular flexibility index (Phi) is 6.83. The van der Waals surface area contributed by atoms with Crippen molar-refractivity contribution in [2.45, 2.75) is 84.2 Å². The van der Waals surface area contributed by atoms with Crippen LogP contribution in [0.25, 0.3) is 0 Å². The summed E-state index contributed by atoms with van der Waals surface area (Å²) in [5.41, 5.74) is 0. The van der Waals surface area contributed by atoms with Gasteiger partial charge in [-0.1, -0.05) is 33.1 Å². The van der Waals surface area contributed by atoms with Crippen LogP contribution >= 0.6 is 0 Å². The van der Waals surface area contributed by atoms with Crippen molar-refractivity contribution in [1.82, 2.24) is 10.2 Å². The third-order valence-corrected chi connectivity index (χ3v) is 5.09. The van der Waals surface area contributed by atoms with E-state index in [9.17, 15) is 0 Å². The van der Waals surface area contributed by atoms with Crippen molar-refractivity contribution < 1.29 is 0 Å². The number of hydrogen-bond donors (Lipinski definition) is 1. The van der Waals surface area contributed by atoms with Gasteiger partial charge in [0.1, 0.15) is 0 Å². The lowest BCUT2D eigenvalue weighted by molar-refractivity contribution is 0.187. The summed E-state index contributed by atoms with van der Waals surface area (Å²) in [7, 11) is 0. The molecule has 118 valence electrons. The molecule has 0 radical (unpaired) electrons. The average molecular weight is 280 g/mol. The molecule has 0 aromatic carbocycles. The van der Waals surface area contributed by atoms with E-state index in [1.807, 2.05) is 0 Å². The minimum absolute atomic E-state index is 0.663. The van der Waals surface area contributed by atoms with Crippen molar-refractivity contribution in [3.63, 3.8) is 0 Å². The summed E-state index contributed by atoms with van der Waals surface area (Å²) in [6, 6.07) is 1.45. The SMILES string of the molecule is CC(C)CC1CCCC(NC(C)CN2CCCCC2)C1. The molecule has 2 rings (SSSR count). The van der Waals surface area contributed by atoms with Gasteiger partial charge in [-0.3, -0.25) is 0 Å². The Morgan fingerprint density at radius 3 is 2.45 bits per heavy atom. The molecule has 2 nitrogen and oxygen atoms in total. The van der Waals surface area contributed by atoms with Crippen LogP contribution in [0.15, 0.2) is 0 Å². The summed E-state index contributed by atoms with van der Waals surface area (Å²) in [5, 5.41) is 3.93. The van der Waals surface area contributed by atoms with Crippen LogP contribution in [-0.2, 0) is 0 Å². The Hall–Kier alpha value is -0.0800. The first-order valence-electron chi connectivity index (χ1n) is 9.12. The third-order valence-electron chi connectivity index (χ3n) is 5.09. The minimum atomic E-state index is 0.663. The first-order valence-corrected chi connectivity index (χ1v) is 9.12. The van der Waals surface area contributed by atoms with E-state index in [2.05, 4.69) is 31.0 Å². The maximum Gasteiger partial charge on any atom is 0.0169 e. The predicted molar refractivity (Wildman–Crippen MR) is 88.1 cm³/mol. The normalized spacial score (nSPS) is 30.6. The van der Waals surface area contributed by atoms with Gasteiger partial charge < -0.3 is 10.2 Å². The van der Waals surface area contributed by atoms with E-state index in [0.29, 0.717) is 6.04 Å². The quantitative estimate of drug-likeness (QED) is 0.789. The lowest BCUT2D eigenvalue weighted by Gasteiger charge is -2.35. The highest BCUT2D eigenvalue weighted by atomic mass is 15.2. The Morgan fingerprint density at radius 2 is 1.75 bits per heavy atom. The average Bonchev–Trinajstić information content (AvgIpc) is 2.39. The fraction of sp³-hybridized carbons (Fsp3) is 1.00. The Morgan fingerprint density at radius 1 is 1.00 bits per heavy atom. The molecule has 0 bridgehead atoms. The summed E-state index contributed by atoms with van der Waals surface area (Å²) < 4.78 is 0. The van der Waals surface area contributed by atoms with Crippen molar-refractivity contribution in [2.75, 3.05) is 19.6 Å². The fourth-order valence-electron chi connectivity index (χ4n) is 4.31. The van der Waals surface area contributed by atoms with Crippen LogP contribution in [0.1, 0.15) is 72.1 Å². The highest BCUT2D eigenvalue weighted by Gasteiger charge is 2.24. The van der Waals surface area contributed by atoms with Gasteiger partial charge >= 0.3 is 0 Å². The van der Waals surface area contributed by atoms with Crippen molar-refractivity contribution >= 4 is 0 Å². The molecular formula is C18H36N2. The first kappa shape index (κ1) is 16.3. The molecule has 2 heteroatoms. The number of likely N-dealkylation sites (tertiary alicyclic amines) is 1. The summed E-state index contributed by atoms with van der Waals surface area (Å²) in [6.45, 7) is 11.0. The molecule has 0 aromatic rings. The molecule has 3 atom stereocenters. The molecule has 1 aliphatic heterocycles. The smallest absolute Gasteiger partial charge is 0.0169 e. The molecule has 2 aliphatic rings. The van der Waals surface area contributed by atoms with Crippen LogP contribution < -0.4 is 5.32 Å². The van der Waals surface area contributed by atoms with Gasteiger partial charge in [0, 0.05) is 18.6 Å². The second-order valence-corrected chi connectivity index (χ2v) is 7.79. The van der Waals surface area contributed by atoms with Gasteiger partial charge in [0.05, 0.1) is 0 Å². The van der Waals surface area contributed by atoms with Gasteiger partial charge in [0.15, 0.2) is 0 Å². The van der Waals surface area contributed by atoms with E-state index < -0.39 is 0 Å². The maximum absolute atomic E-state index is 3.93. The fourth-order valence-corrected chi connectivity index (χ4v) is 4.31. The molecule has 0 aromatic heterocycles. The number of piperidine rings is 1. The first-order chi connectivity index (χ1) is 9.63. The molecule has 2 fully saturated rings. The van der Waals surface area contributed by atoms with Gasteiger partial charge in [-0.05, 0) is 64.0 Å². The number of nitrogens with one attached hydrogen (secondary N) is 1. The van der Waals surface area contributed by atoms with E-state index in [0.717, 1.165) is 17.9 Å². The van der Waals surface area contributed by atoms with Crippen LogP contribution in [0.2, 0.25) is 0 Å². The highest BCUT2D eigenvalue weighted by Crippen LogP contribution is 2.29. The van der Waals surface area contributed by atoms with Gasteiger partial charge in [0.25, 0.3) is 0 Å². The largest absolute Gasteiger partial charge is 0.310 e. The van der Waals surface area contributed by atoms with E-state index in [-0.39, 0.29) is 0 Å².